The van der Waals surface area contributed by atoms with Crippen molar-refractivity contribution in [3.63, 3.8) is 0 Å². The lowest BCUT2D eigenvalue weighted by Crippen LogP contribution is -2.14. The second-order valence-corrected chi connectivity index (χ2v) is 8.53. The van der Waals surface area contributed by atoms with Crippen LogP contribution >= 0.6 is 11.3 Å². The van der Waals surface area contributed by atoms with Gasteiger partial charge in [-0.15, -0.1) is 11.3 Å². The second-order valence-electron chi connectivity index (χ2n) is 7.28. The average Bonchev–Trinajstić information content (AvgIpc) is 3.16. The van der Waals surface area contributed by atoms with E-state index in [0.717, 1.165) is 22.6 Å². The molecule has 0 aliphatic heterocycles. The molecule has 0 unspecified atom stereocenters. The number of carbonyl (C=O) groups excluding carboxylic acids is 2. The van der Waals surface area contributed by atoms with Gasteiger partial charge in [0.15, 0.2) is 5.76 Å². The van der Waals surface area contributed by atoms with Crippen molar-refractivity contribution in [1.29, 1.82) is 0 Å². The monoisotopic (exact) mass is 434 g/mol. The normalized spacial score (nSPS) is 13.2. The predicted molar refractivity (Wildman–Crippen MR) is 115 cm³/mol. The largest absolute Gasteiger partial charge is 0.459 e. The molecular formula is C22H18N4O4S. The van der Waals surface area contributed by atoms with Crippen LogP contribution in [-0.2, 0) is 0 Å². The summed E-state index contributed by atoms with van der Waals surface area (Å²) >= 11 is 1.49. The Balaban J connectivity index is 1.30. The number of hydrogen-bond acceptors (Lipinski definition) is 7. The maximum atomic E-state index is 12.8. The van der Waals surface area contributed by atoms with Crippen molar-refractivity contribution < 1.29 is 18.5 Å². The minimum Gasteiger partial charge on any atom is -0.459 e. The van der Waals surface area contributed by atoms with Crippen molar-refractivity contribution in [3.8, 4) is 10.7 Å². The number of furan rings is 1. The van der Waals surface area contributed by atoms with E-state index in [2.05, 4.69) is 20.8 Å². The zero-order valence-corrected chi connectivity index (χ0v) is 17.4. The lowest BCUT2D eigenvalue weighted by molar-refractivity contribution is 0.0993. The number of nitrogens with one attached hydrogen (secondary N) is 2. The van der Waals surface area contributed by atoms with Crippen LogP contribution < -0.4 is 10.6 Å². The van der Waals surface area contributed by atoms with Crippen molar-refractivity contribution in [2.24, 2.45) is 0 Å². The Morgan fingerprint density at radius 3 is 2.74 bits per heavy atom. The van der Waals surface area contributed by atoms with E-state index in [0.29, 0.717) is 34.6 Å². The summed E-state index contributed by atoms with van der Waals surface area (Å²) < 4.78 is 10.4. The third kappa shape index (κ3) is 4.13. The molecule has 31 heavy (non-hydrogen) atoms. The average molecular weight is 434 g/mol. The minimum atomic E-state index is -0.383. The Morgan fingerprint density at radius 1 is 1.10 bits per heavy atom. The smallest absolute Gasteiger partial charge is 0.291 e. The molecule has 1 aromatic carbocycles. The SMILES string of the molecule is Cc1sc(-c2noc(C3CC3)n2)cc1NC(=O)c1cccc(NC(=O)c2ccco2)c1. The van der Waals surface area contributed by atoms with Crippen LogP contribution in [0.5, 0.6) is 0 Å². The van der Waals surface area contributed by atoms with E-state index < -0.39 is 0 Å². The third-order valence-electron chi connectivity index (χ3n) is 4.88. The van der Waals surface area contributed by atoms with Crippen LogP contribution in [0.4, 0.5) is 11.4 Å². The van der Waals surface area contributed by atoms with E-state index in [1.54, 1.807) is 36.4 Å². The van der Waals surface area contributed by atoms with E-state index in [1.165, 1.54) is 17.6 Å². The third-order valence-corrected chi connectivity index (χ3v) is 5.93. The molecule has 4 aromatic rings. The van der Waals surface area contributed by atoms with Crippen LogP contribution in [-0.4, -0.2) is 22.0 Å². The summed E-state index contributed by atoms with van der Waals surface area (Å²) in [5, 5.41) is 9.70. The highest BCUT2D eigenvalue weighted by molar-refractivity contribution is 7.16. The molecular weight excluding hydrogens is 416 g/mol. The van der Waals surface area contributed by atoms with Gasteiger partial charge >= 0.3 is 0 Å². The van der Waals surface area contributed by atoms with Gasteiger partial charge in [0.2, 0.25) is 11.7 Å². The summed E-state index contributed by atoms with van der Waals surface area (Å²) in [6, 6.07) is 11.8. The molecule has 9 heteroatoms. The molecule has 0 bridgehead atoms. The molecule has 0 radical (unpaired) electrons. The van der Waals surface area contributed by atoms with Gasteiger partial charge in [0.05, 0.1) is 16.8 Å². The fourth-order valence-corrected chi connectivity index (χ4v) is 3.98. The van der Waals surface area contributed by atoms with Gasteiger partial charge in [-0.25, -0.2) is 0 Å². The van der Waals surface area contributed by atoms with Gasteiger partial charge in [-0.2, -0.15) is 4.98 Å². The highest BCUT2D eigenvalue weighted by atomic mass is 32.1. The number of nitrogens with zero attached hydrogens (tertiary/aromatic N) is 2. The van der Waals surface area contributed by atoms with Crippen molar-refractivity contribution >= 4 is 34.5 Å². The lowest BCUT2D eigenvalue weighted by atomic mass is 10.1. The highest BCUT2D eigenvalue weighted by Crippen LogP contribution is 2.40. The topological polar surface area (TPSA) is 110 Å². The molecule has 0 saturated heterocycles. The first-order valence-electron chi connectivity index (χ1n) is 9.77. The number of carbonyl (C=O) groups is 2. The molecule has 5 rings (SSSR count). The summed E-state index contributed by atoms with van der Waals surface area (Å²) in [4.78, 5) is 31.2. The summed E-state index contributed by atoms with van der Waals surface area (Å²) in [6.07, 6.45) is 3.61. The molecule has 1 fully saturated rings. The Hall–Kier alpha value is -3.72. The van der Waals surface area contributed by atoms with Gasteiger partial charge < -0.3 is 19.6 Å². The highest BCUT2D eigenvalue weighted by Gasteiger charge is 2.30. The zero-order valence-electron chi connectivity index (χ0n) is 16.5. The summed E-state index contributed by atoms with van der Waals surface area (Å²) in [5.74, 6) is 1.14. The molecule has 1 aliphatic carbocycles. The van der Waals surface area contributed by atoms with E-state index in [9.17, 15) is 9.59 Å². The lowest BCUT2D eigenvalue weighted by Gasteiger charge is -2.07. The van der Waals surface area contributed by atoms with E-state index in [1.807, 2.05) is 13.0 Å². The van der Waals surface area contributed by atoms with Gasteiger partial charge in [-0.05, 0) is 56.2 Å². The number of anilines is 2. The summed E-state index contributed by atoms with van der Waals surface area (Å²) in [6.45, 7) is 1.92. The second kappa shape index (κ2) is 7.84. The summed E-state index contributed by atoms with van der Waals surface area (Å²) in [5.41, 5.74) is 1.60. The van der Waals surface area contributed by atoms with Crippen LogP contribution in [0.2, 0.25) is 0 Å². The number of rotatable bonds is 6. The van der Waals surface area contributed by atoms with Gasteiger partial charge in [0.1, 0.15) is 0 Å². The molecule has 2 N–H and O–H groups in total. The Labute approximate surface area is 181 Å². The minimum absolute atomic E-state index is 0.197. The quantitative estimate of drug-likeness (QED) is 0.438. The van der Waals surface area contributed by atoms with E-state index >= 15 is 0 Å². The van der Waals surface area contributed by atoms with Crippen molar-refractivity contribution in [1.82, 2.24) is 10.1 Å². The van der Waals surface area contributed by atoms with Gasteiger partial charge in [-0.3, -0.25) is 9.59 Å². The first-order chi connectivity index (χ1) is 15.1. The number of thiophene rings is 1. The van der Waals surface area contributed by atoms with Gasteiger partial charge in [-0.1, -0.05) is 11.2 Å². The van der Waals surface area contributed by atoms with Crippen molar-refractivity contribution in [2.75, 3.05) is 10.6 Å². The maximum absolute atomic E-state index is 12.8. The molecule has 3 heterocycles. The molecule has 2 amide bonds. The van der Waals surface area contributed by atoms with E-state index in [4.69, 9.17) is 8.94 Å². The van der Waals surface area contributed by atoms with E-state index in [-0.39, 0.29) is 17.6 Å². The Morgan fingerprint density at radius 2 is 1.97 bits per heavy atom. The number of aryl methyl sites for hydroxylation is 1. The molecule has 3 aromatic heterocycles. The number of amides is 2. The zero-order chi connectivity index (χ0) is 21.4. The standard InChI is InChI=1S/C22H18N4O4S/c1-12-16(11-18(31-12)19-25-22(30-26-19)13-7-8-13)24-20(27)14-4-2-5-15(10-14)23-21(28)17-6-3-9-29-17/h2-6,9-11,13H,7-8H2,1H3,(H,23,28)(H,24,27). The molecule has 0 spiro atoms. The number of hydrogen-bond donors (Lipinski definition) is 2. The van der Waals surface area contributed by atoms with Crippen molar-refractivity contribution in [2.45, 2.75) is 25.7 Å². The van der Waals surface area contributed by atoms with Crippen LogP contribution in [0.25, 0.3) is 10.7 Å². The number of aromatic nitrogens is 2. The number of benzene rings is 1. The summed E-state index contributed by atoms with van der Waals surface area (Å²) in [7, 11) is 0. The first-order valence-corrected chi connectivity index (χ1v) is 10.6. The van der Waals surface area contributed by atoms with Crippen LogP contribution in [0.15, 0.2) is 57.7 Å². The Bertz CT molecular complexity index is 1250. The van der Waals surface area contributed by atoms with Crippen LogP contribution in [0, 0.1) is 6.92 Å². The fourth-order valence-electron chi connectivity index (χ4n) is 3.08. The predicted octanol–water partition coefficient (Wildman–Crippen LogP) is 5.08. The molecule has 8 nitrogen and oxygen atoms in total. The fraction of sp³-hybridized carbons (Fsp3) is 0.182. The first kappa shape index (κ1) is 19.3. The van der Waals surface area contributed by atoms with Crippen molar-refractivity contribution in [3.05, 3.63) is 70.8 Å². The van der Waals surface area contributed by atoms with Crippen LogP contribution in [0.1, 0.15) is 50.4 Å². The maximum Gasteiger partial charge on any atom is 0.291 e. The van der Waals surface area contributed by atoms with Gasteiger partial charge in [0.25, 0.3) is 11.8 Å². The van der Waals surface area contributed by atoms with Crippen LogP contribution in [0.3, 0.4) is 0 Å². The molecule has 1 aliphatic rings. The van der Waals surface area contributed by atoms with Gasteiger partial charge in [0, 0.05) is 22.0 Å². The Kier molecular flexibility index (Phi) is 4.87. The molecule has 0 atom stereocenters. The molecule has 156 valence electrons. The molecule has 1 saturated carbocycles.